The number of aromatic nitrogens is 1. The molecule has 0 saturated heterocycles. The number of phenolic OH excluding ortho intramolecular Hbond substituents is 1. The quantitative estimate of drug-likeness (QED) is 0.525. The minimum atomic E-state index is -1.26. The zero-order chi connectivity index (χ0) is 19.8. The summed E-state index contributed by atoms with van der Waals surface area (Å²) >= 11 is 0. The van der Waals surface area contributed by atoms with Crippen LogP contribution in [0.1, 0.15) is 49.4 Å². The van der Waals surface area contributed by atoms with Gasteiger partial charge in [0.15, 0.2) is 5.78 Å². The summed E-state index contributed by atoms with van der Waals surface area (Å²) in [6, 6.07) is 10.4. The van der Waals surface area contributed by atoms with Crippen LogP contribution >= 0.6 is 0 Å². The highest BCUT2D eigenvalue weighted by molar-refractivity contribution is 6.21. The van der Waals surface area contributed by atoms with E-state index in [4.69, 9.17) is 4.42 Å². The van der Waals surface area contributed by atoms with E-state index < -0.39 is 29.5 Å². The molecule has 0 fully saturated rings. The van der Waals surface area contributed by atoms with Crippen molar-refractivity contribution in [3.63, 3.8) is 0 Å². The van der Waals surface area contributed by atoms with E-state index in [0.29, 0.717) is 0 Å². The van der Waals surface area contributed by atoms with Gasteiger partial charge >= 0.3 is 5.82 Å². The number of hydrogen-bond acceptors (Lipinski definition) is 8. The van der Waals surface area contributed by atoms with Crippen molar-refractivity contribution in [2.75, 3.05) is 0 Å². The molecule has 2 amide bonds. The molecule has 9 nitrogen and oxygen atoms in total. The number of aromatic hydroxyl groups is 1. The minimum Gasteiger partial charge on any atom is -0.508 e. The van der Waals surface area contributed by atoms with Crippen molar-refractivity contribution in [2.45, 2.75) is 12.5 Å². The number of fused-ring (bicyclic) bond motifs is 1. The second-order valence-electron chi connectivity index (χ2n) is 6.09. The van der Waals surface area contributed by atoms with Gasteiger partial charge in [-0.3, -0.25) is 23.8 Å². The van der Waals surface area contributed by atoms with Crippen molar-refractivity contribution >= 4 is 17.6 Å². The highest BCUT2D eigenvalue weighted by atomic mass is 16.6. The molecule has 3 aromatic rings. The lowest BCUT2D eigenvalue weighted by atomic mass is 10.0. The maximum atomic E-state index is 12.8. The third-order valence-electron chi connectivity index (χ3n) is 4.39. The van der Waals surface area contributed by atoms with Crippen molar-refractivity contribution in [3.05, 3.63) is 81.7 Å². The molecule has 0 spiro atoms. The highest BCUT2D eigenvalue weighted by Gasteiger charge is 2.43. The van der Waals surface area contributed by atoms with Gasteiger partial charge in [0.05, 0.1) is 11.1 Å². The fourth-order valence-corrected chi connectivity index (χ4v) is 3.05. The lowest BCUT2D eigenvalue weighted by Gasteiger charge is -2.22. The second-order valence-corrected chi connectivity index (χ2v) is 6.09. The Bertz CT molecular complexity index is 1110. The van der Waals surface area contributed by atoms with E-state index in [1.165, 1.54) is 36.4 Å². The first kappa shape index (κ1) is 17.4. The molecular weight excluding hydrogens is 368 g/mol. The number of phenols is 1. The highest BCUT2D eigenvalue weighted by Crippen LogP contribution is 2.33. The molecule has 0 saturated carbocycles. The lowest BCUT2D eigenvalue weighted by molar-refractivity contribution is 0.0541. The predicted octanol–water partition coefficient (Wildman–Crippen LogP) is 1.94. The van der Waals surface area contributed by atoms with Crippen molar-refractivity contribution < 1.29 is 28.4 Å². The van der Waals surface area contributed by atoms with Crippen LogP contribution in [0.2, 0.25) is 0 Å². The van der Waals surface area contributed by atoms with E-state index >= 15 is 0 Å². The molecular formula is C19H12N2O7. The van der Waals surface area contributed by atoms with Gasteiger partial charge in [-0.25, -0.2) is 4.79 Å². The van der Waals surface area contributed by atoms with Gasteiger partial charge in [-0.2, -0.15) is 0 Å². The molecule has 1 aromatic heterocycles. The summed E-state index contributed by atoms with van der Waals surface area (Å²) in [6.07, 6.45) is -0.383. The Labute approximate surface area is 156 Å². The van der Waals surface area contributed by atoms with Gasteiger partial charge in [0.2, 0.25) is 0 Å². The molecule has 4 rings (SSSR count). The van der Waals surface area contributed by atoms with E-state index in [1.54, 1.807) is 12.1 Å². The fraction of sp³-hybridized carbons (Fsp3) is 0.105. The first-order valence-corrected chi connectivity index (χ1v) is 8.21. The number of benzene rings is 2. The monoisotopic (exact) mass is 380 g/mol. The van der Waals surface area contributed by atoms with Crippen LogP contribution in [0.5, 0.6) is 5.75 Å². The van der Waals surface area contributed by atoms with Crippen LogP contribution < -0.4 is 5.82 Å². The van der Waals surface area contributed by atoms with E-state index in [0.717, 1.165) is 4.90 Å². The number of imide groups is 1. The molecule has 9 heteroatoms. The second kappa shape index (κ2) is 6.62. The average molecular weight is 380 g/mol. The number of ketones is 1. The summed E-state index contributed by atoms with van der Waals surface area (Å²) in [5.41, 5.74) is 0.603. The Morgan fingerprint density at radius 1 is 1.00 bits per heavy atom. The molecule has 140 valence electrons. The van der Waals surface area contributed by atoms with E-state index in [9.17, 15) is 24.3 Å². The standard InChI is InChI=1S/C19H12N2O7/c22-11-7-5-10(6-8-11)15(23)9-14(16-20-28-19(26)27-16)21-17(24)12-3-1-2-4-13(12)18(21)25/h1-8,14,22H,9H2. The number of carbonyl (C=O) groups is 3. The van der Waals surface area contributed by atoms with Gasteiger partial charge in [-0.05, 0) is 41.6 Å². The SMILES string of the molecule is O=C(CC(c1noc(=O)o1)N1C(=O)c2ccccc2C1=O)c1ccc(O)cc1. The Morgan fingerprint density at radius 3 is 2.14 bits per heavy atom. The first-order valence-electron chi connectivity index (χ1n) is 8.21. The zero-order valence-corrected chi connectivity index (χ0v) is 14.2. The molecule has 1 atom stereocenters. The van der Waals surface area contributed by atoms with Crippen LogP contribution in [-0.2, 0) is 0 Å². The van der Waals surface area contributed by atoms with Crippen LogP contribution in [0, 0.1) is 0 Å². The summed E-state index contributed by atoms with van der Waals surface area (Å²) in [5, 5.41) is 12.8. The third kappa shape index (κ3) is 2.88. The summed E-state index contributed by atoms with van der Waals surface area (Å²) < 4.78 is 9.23. The van der Waals surface area contributed by atoms with Gasteiger partial charge < -0.3 is 9.52 Å². The summed E-state index contributed by atoms with van der Waals surface area (Å²) in [4.78, 5) is 50.4. The molecule has 1 aliphatic heterocycles. The largest absolute Gasteiger partial charge is 0.542 e. The van der Waals surface area contributed by atoms with Crippen molar-refractivity contribution in [1.29, 1.82) is 0 Å². The van der Waals surface area contributed by atoms with Crippen LogP contribution in [0.4, 0.5) is 0 Å². The molecule has 1 N–H and O–H groups in total. The number of amides is 2. The van der Waals surface area contributed by atoms with E-state index in [-0.39, 0.29) is 34.8 Å². The van der Waals surface area contributed by atoms with Crippen LogP contribution in [-0.4, -0.2) is 32.8 Å². The van der Waals surface area contributed by atoms with Crippen molar-refractivity contribution in [2.24, 2.45) is 0 Å². The van der Waals surface area contributed by atoms with Crippen LogP contribution in [0.25, 0.3) is 0 Å². The fourth-order valence-electron chi connectivity index (χ4n) is 3.05. The topological polar surface area (TPSA) is 131 Å². The van der Waals surface area contributed by atoms with Gasteiger partial charge in [-0.15, -0.1) is 0 Å². The molecule has 2 heterocycles. The number of hydrogen-bond donors (Lipinski definition) is 1. The molecule has 28 heavy (non-hydrogen) atoms. The van der Waals surface area contributed by atoms with Crippen LogP contribution in [0.15, 0.2) is 62.3 Å². The molecule has 0 radical (unpaired) electrons. The average Bonchev–Trinajstić information content (AvgIpc) is 3.23. The summed E-state index contributed by atoms with van der Waals surface area (Å²) in [7, 11) is 0. The predicted molar refractivity (Wildman–Crippen MR) is 91.8 cm³/mol. The normalized spacial score (nSPS) is 14.2. The zero-order valence-electron chi connectivity index (χ0n) is 14.2. The van der Waals surface area contributed by atoms with E-state index in [2.05, 4.69) is 9.68 Å². The smallest absolute Gasteiger partial charge is 0.508 e. The van der Waals surface area contributed by atoms with Gasteiger partial charge in [0.1, 0.15) is 11.8 Å². The molecule has 0 aliphatic carbocycles. The first-order chi connectivity index (χ1) is 13.5. The summed E-state index contributed by atoms with van der Waals surface area (Å²) in [6.45, 7) is 0. The Hall–Kier alpha value is -4.01. The van der Waals surface area contributed by atoms with Gasteiger partial charge in [-0.1, -0.05) is 12.1 Å². The molecule has 2 aromatic carbocycles. The van der Waals surface area contributed by atoms with Crippen molar-refractivity contribution in [3.8, 4) is 5.75 Å². The molecule has 1 aliphatic rings. The maximum absolute atomic E-state index is 12.8. The molecule has 0 bridgehead atoms. The van der Waals surface area contributed by atoms with Crippen LogP contribution in [0.3, 0.4) is 0 Å². The lowest BCUT2D eigenvalue weighted by Crippen LogP contribution is -2.35. The van der Waals surface area contributed by atoms with E-state index in [1.807, 2.05) is 0 Å². The molecule has 1 unspecified atom stereocenters. The maximum Gasteiger partial charge on any atom is 0.542 e. The third-order valence-corrected chi connectivity index (χ3v) is 4.39. The summed E-state index contributed by atoms with van der Waals surface area (Å²) in [5.74, 6) is -3.20. The Morgan fingerprint density at radius 2 is 1.61 bits per heavy atom. The number of Topliss-reactive ketones (excluding diaryl/α,β-unsaturated/α-hetero) is 1. The minimum absolute atomic E-state index is 0.0176. The number of carbonyl (C=O) groups excluding carboxylic acids is 3. The Balaban J connectivity index is 1.72. The Kier molecular flexibility index (Phi) is 4.11. The van der Waals surface area contributed by atoms with Crippen molar-refractivity contribution in [1.82, 2.24) is 10.1 Å². The van der Waals surface area contributed by atoms with Gasteiger partial charge in [0.25, 0.3) is 17.7 Å². The van der Waals surface area contributed by atoms with Gasteiger partial charge in [0, 0.05) is 12.0 Å². The number of rotatable bonds is 5. The number of nitrogens with zero attached hydrogens (tertiary/aromatic N) is 2.